The normalized spacial score (nSPS) is 10.6. The van der Waals surface area contributed by atoms with Crippen molar-refractivity contribution in [1.29, 1.82) is 0 Å². The standard InChI is InChI=1S/C19H17BrFN3O2.ClH/c1-10(2)26-19(25)14-9-22-18-13(6-4-11(3)23-18)17(14)24-16-7-5-12(21)8-15(16)20;/h4-10H,1-3H3,(H,22,23,24);1H. The van der Waals surface area contributed by atoms with E-state index in [4.69, 9.17) is 4.74 Å². The summed E-state index contributed by atoms with van der Waals surface area (Å²) < 4.78 is 19.2. The Balaban J connectivity index is 0.00000261. The summed E-state index contributed by atoms with van der Waals surface area (Å²) in [6.45, 7) is 5.42. The molecule has 27 heavy (non-hydrogen) atoms. The molecule has 0 saturated heterocycles. The Hall–Kier alpha value is -2.25. The number of anilines is 2. The van der Waals surface area contributed by atoms with E-state index in [-0.39, 0.29) is 29.9 Å². The predicted molar refractivity (Wildman–Crippen MR) is 109 cm³/mol. The van der Waals surface area contributed by atoms with Crippen LogP contribution in [-0.4, -0.2) is 22.0 Å². The molecule has 2 aromatic heterocycles. The van der Waals surface area contributed by atoms with Gasteiger partial charge in [-0.1, -0.05) is 0 Å². The van der Waals surface area contributed by atoms with Gasteiger partial charge in [-0.25, -0.2) is 19.2 Å². The van der Waals surface area contributed by atoms with Crippen LogP contribution in [0.4, 0.5) is 15.8 Å². The number of nitrogens with zero attached hydrogens (tertiary/aromatic N) is 2. The second-order valence-electron chi connectivity index (χ2n) is 6.07. The maximum Gasteiger partial charge on any atom is 0.342 e. The maximum atomic E-state index is 13.4. The Bertz CT molecular complexity index is 998. The number of aromatic nitrogens is 2. The molecule has 0 aliphatic heterocycles. The average Bonchev–Trinajstić information content (AvgIpc) is 2.56. The van der Waals surface area contributed by atoms with Crippen LogP contribution in [0.25, 0.3) is 11.0 Å². The van der Waals surface area contributed by atoms with Crippen LogP contribution in [0.2, 0.25) is 0 Å². The van der Waals surface area contributed by atoms with Crippen molar-refractivity contribution in [2.45, 2.75) is 26.9 Å². The molecule has 2 heterocycles. The Morgan fingerprint density at radius 2 is 2.00 bits per heavy atom. The van der Waals surface area contributed by atoms with E-state index >= 15 is 0 Å². The van der Waals surface area contributed by atoms with Gasteiger partial charge >= 0.3 is 5.97 Å². The van der Waals surface area contributed by atoms with Crippen LogP contribution in [0.3, 0.4) is 0 Å². The van der Waals surface area contributed by atoms with Gasteiger partial charge < -0.3 is 10.1 Å². The largest absolute Gasteiger partial charge is 0.459 e. The topological polar surface area (TPSA) is 64.1 Å². The van der Waals surface area contributed by atoms with E-state index in [1.165, 1.54) is 18.3 Å². The summed E-state index contributed by atoms with van der Waals surface area (Å²) in [5, 5.41) is 3.86. The zero-order valence-corrected chi connectivity index (χ0v) is 17.3. The van der Waals surface area contributed by atoms with E-state index in [0.717, 1.165) is 5.69 Å². The fourth-order valence-electron chi connectivity index (χ4n) is 2.46. The van der Waals surface area contributed by atoms with E-state index in [0.29, 0.717) is 26.9 Å². The molecule has 1 N–H and O–H groups in total. The van der Waals surface area contributed by atoms with Gasteiger partial charge in [0, 0.05) is 21.7 Å². The average molecular weight is 455 g/mol. The first kappa shape index (κ1) is 21.1. The van der Waals surface area contributed by atoms with Crippen molar-refractivity contribution in [2.24, 2.45) is 0 Å². The molecule has 0 unspecified atom stereocenters. The van der Waals surface area contributed by atoms with Crippen molar-refractivity contribution in [3.63, 3.8) is 0 Å². The van der Waals surface area contributed by atoms with Gasteiger partial charge in [0.15, 0.2) is 5.65 Å². The third kappa shape index (κ3) is 4.73. The molecule has 8 heteroatoms. The summed E-state index contributed by atoms with van der Waals surface area (Å²) in [4.78, 5) is 21.2. The molecule has 0 atom stereocenters. The molecule has 0 amide bonds. The number of carbonyl (C=O) groups is 1. The number of hydrogen-bond donors (Lipinski definition) is 1. The third-order valence-electron chi connectivity index (χ3n) is 3.62. The van der Waals surface area contributed by atoms with Gasteiger partial charge in [0.05, 0.1) is 17.5 Å². The minimum Gasteiger partial charge on any atom is -0.459 e. The number of halogens is 3. The first-order valence-corrected chi connectivity index (χ1v) is 8.84. The van der Waals surface area contributed by atoms with E-state index in [1.807, 2.05) is 19.1 Å². The summed E-state index contributed by atoms with van der Waals surface area (Å²) in [6, 6.07) is 7.96. The fraction of sp³-hybridized carbons (Fsp3) is 0.211. The number of carbonyl (C=O) groups excluding carboxylic acids is 1. The smallest absolute Gasteiger partial charge is 0.342 e. The van der Waals surface area contributed by atoms with Gasteiger partial charge in [-0.05, 0) is 67.0 Å². The van der Waals surface area contributed by atoms with Crippen LogP contribution in [0.5, 0.6) is 0 Å². The molecule has 0 aliphatic rings. The van der Waals surface area contributed by atoms with Crippen molar-refractivity contribution in [3.05, 3.63) is 58.1 Å². The minimum atomic E-state index is -0.490. The molecule has 0 spiro atoms. The third-order valence-corrected chi connectivity index (χ3v) is 4.28. The number of aryl methyl sites for hydroxylation is 1. The van der Waals surface area contributed by atoms with Crippen molar-refractivity contribution >= 4 is 56.7 Å². The lowest BCUT2D eigenvalue weighted by atomic mass is 10.1. The lowest BCUT2D eigenvalue weighted by Crippen LogP contribution is -2.14. The summed E-state index contributed by atoms with van der Waals surface area (Å²) in [7, 11) is 0. The summed E-state index contributed by atoms with van der Waals surface area (Å²) in [6.07, 6.45) is 1.18. The second-order valence-corrected chi connectivity index (χ2v) is 6.93. The predicted octanol–water partition coefficient (Wildman–Crippen LogP) is 5.57. The van der Waals surface area contributed by atoms with Gasteiger partial charge in [-0.3, -0.25) is 0 Å². The van der Waals surface area contributed by atoms with Crippen LogP contribution in [0.1, 0.15) is 29.9 Å². The molecule has 5 nitrogen and oxygen atoms in total. The summed E-state index contributed by atoms with van der Waals surface area (Å²) >= 11 is 3.33. The number of benzene rings is 1. The van der Waals surface area contributed by atoms with Gasteiger partial charge in [-0.2, -0.15) is 0 Å². The molecule has 0 radical (unpaired) electrons. The number of hydrogen-bond acceptors (Lipinski definition) is 5. The molecule has 1 aromatic carbocycles. The highest BCUT2D eigenvalue weighted by molar-refractivity contribution is 9.10. The van der Waals surface area contributed by atoms with Crippen LogP contribution < -0.4 is 5.32 Å². The number of ether oxygens (including phenoxy) is 1. The quantitative estimate of drug-likeness (QED) is 0.522. The van der Waals surface area contributed by atoms with Crippen molar-refractivity contribution in [2.75, 3.05) is 5.32 Å². The number of esters is 1. The first-order valence-electron chi connectivity index (χ1n) is 8.04. The number of fused-ring (bicyclic) bond motifs is 1. The molecule has 142 valence electrons. The zero-order valence-electron chi connectivity index (χ0n) is 14.9. The first-order chi connectivity index (χ1) is 12.3. The van der Waals surface area contributed by atoms with Gasteiger partial charge in [0.1, 0.15) is 11.4 Å². The second kappa shape index (κ2) is 8.63. The SMILES string of the molecule is Cc1ccc2c(Nc3ccc(F)cc3Br)c(C(=O)OC(C)C)cnc2n1.Cl. The maximum absolute atomic E-state index is 13.4. The van der Waals surface area contributed by atoms with Crippen LogP contribution >= 0.6 is 28.3 Å². The Kier molecular flexibility index (Phi) is 6.73. The zero-order chi connectivity index (χ0) is 18.8. The van der Waals surface area contributed by atoms with E-state index in [1.54, 1.807) is 19.9 Å². The van der Waals surface area contributed by atoms with Crippen molar-refractivity contribution in [3.8, 4) is 0 Å². The van der Waals surface area contributed by atoms with Gasteiger partial charge in [0.25, 0.3) is 0 Å². The highest BCUT2D eigenvalue weighted by atomic mass is 79.9. The summed E-state index contributed by atoms with van der Waals surface area (Å²) in [5.41, 5.74) is 2.73. The van der Waals surface area contributed by atoms with E-state index in [9.17, 15) is 9.18 Å². The fourth-order valence-corrected chi connectivity index (χ4v) is 2.91. The highest BCUT2D eigenvalue weighted by Crippen LogP contribution is 2.32. The lowest BCUT2D eigenvalue weighted by molar-refractivity contribution is 0.0379. The van der Waals surface area contributed by atoms with Gasteiger partial charge in [-0.15, -0.1) is 12.4 Å². The van der Waals surface area contributed by atoms with Crippen LogP contribution in [0.15, 0.2) is 41.0 Å². The van der Waals surface area contributed by atoms with Crippen LogP contribution in [-0.2, 0) is 4.74 Å². The molecule has 3 rings (SSSR count). The van der Waals surface area contributed by atoms with E-state index in [2.05, 4.69) is 31.2 Å². The molecular weight excluding hydrogens is 437 g/mol. The van der Waals surface area contributed by atoms with Crippen LogP contribution in [0, 0.1) is 12.7 Å². The number of rotatable bonds is 4. The van der Waals surface area contributed by atoms with E-state index < -0.39 is 5.97 Å². The Morgan fingerprint density at radius 3 is 2.67 bits per heavy atom. The molecule has 0 saturated carbocycles. The molecule has 0 fully saturated rings. The molecular formula is C19H18BrClFN3O2. The lowest BCUT2D eigenvalue weighted by Gasteiger charge is -2.16. The number of pyridine rings is 2. The van der Waals surface area contributed by atoms with Crippen molar-refractivity contribution in [1.82, 2.24) is 9.97 Å². The van der Waals surface area contributed by atoms with Gasteiger partial charge in [0.2, 0.25) is 0 Å². The Morgan fingerprint density at radius 1 is 1.26 bits per heavy atom. The number of nitrogens with one attached hydrogen (secondary N) is 1. The molecule has 0 bridgehead atoms. The monoisotopic (exact) mass is 453 g/mol. The highest BCUT2D eigenvalue weighted by Gasteiger charge is 2.19. The summed E-state index contributed by atoms with van der Waals surface area (Å²) in [5.74, 6) is -0.852. The molecule has 3 aromatic rings. The molecule has 0 aliphatic carbocycles. The Labute approximate surface area is 170 Å². The van der Waals surface area contributed by atoms with Crippen molar-refractivity contribution < 1.29 is 13.9 Å². The minimum absolute atomic E-state index is 0.